The number of carbonyl (C=O) groups is 2. The van der Waals surface area contributed by atoms with Gasteiger partial charge >= 0.3 is 11.9 Å². The maximum Gasteiger partial charge on any atom is 0.345 e. The molecule has 0 fully saturated rings. The van der Waals surface area contributed by atoms with Crippen LogP contribution in [0.5, 0.6) is 0 Å². The molecule has 0 atom stereocenters. The van der Waals surface area contributed by atoms with Crippen LogP contribution in [-0.2, 0) is 9.47 Å². The van der Waals surface area contributed by atoms with Crippen molar-refractivity contribution in [3.05, 3.63) is 20.2 Å². The fourth-order valence-corrected chi connectivity index (χ4v) is 3.55. The van der Waals surface area contributed by atoms with Gasteiger partial charge in [-0.2, -0.15) is 0 Å². The molecule has 4 nitrogen and oxygen atoms in total. The predicted molar refractivity (Wildman–Crippen MR) is 66.3 cm³/mol. The molecule has 1 aromatic heterocycles. The van der Waals surface area contributed by atoms with Crippen molar-refractivity contribution in [2.24, 2.45) is 5.41 Å². The average molecular weight is 264 g/mol. The molecule has 0 aromatic carbocycles. The summed E-state index contributed by atoms with van der Waals surface area (Å²) in [6.07, 6.45) is 0. The fraction of sp³-hybridized carbons (Fsp3) is 0.385. The minimum absolute atomic E-state index is 0.267. The Labute approximate surface area is 108 Å². The van der Waals surface area contributed by atoms with E-state index in [2.05, 4.69) is 0 Å². The first-order chi connectivity index (χ1) is 8.30. The summed E-state index contributed by atoms with van der Waals surface area (Å²) in [5.41, 5.74) is 0.482. The molecule has 18 heavy (non-hydrogen) atoms. The molecule has 5 heteroatoms. The Morgan fingerprint density at radius 2 is 1.50 bits per heavy atom. The molecular weight excluding hydrogens is 252 g/mol. The second kappa shape index (κ2) is 3.23. The highest BCUT2D eigenvalue weighted by Gasteiger charge is 2.39. The standard InChI is InChI=1S/C13H12O4S/c1-5-8-6(11(14)16-5)7-9(18-8)10(13(2,3)4)17-12(7)15/h1-4H3. The highest BCUT2D eigenvalue weighted by molar-refractivity contribution is 7.08. The van der Waals surface area contributed by atoms with E-state index in [4.69, 9.17) is 9.47 Å². The van der Waals surface area contributed by atoms with Crippen LogP contribution in [-0.4, -0.2) is 11.9 Å². The van der Waals surface area contributed by atoms with Gasteiger partial charge in [0, 0.05) is 5.41 Å². The van der Waals surface area contributed by atoms with E-state index in [-0.39, 0.29) is 5.41 Å². The summed E-state index contributed by atoms with van der Waals surface area (Å²) in [4.78, 5) is 23.7. The Balaban J connectivity index is 2.46. The summed E-state index contributed by atoms with van der Waals surface area (Å²) in [6.45, 7) is 7.66. The van der Waals surface area contributed by atoms with Crippen LogP contribution in [0.25, 0.3) is 11.5 Å². The van der Waals surface area contributed by atoms with Gasteiger partial charge in [-0.05, 0) is 6.92 Å². The second-order valence-electron chi connectivity index (χ2n) is 5.42. The normalized spacial score (nSPS) is 17.8. The Hall–Kier alpha value is -1.62. The summed E-state index contributed by atoms with van der Waals surface area (Å²) in [5, 5.41) is 0. The SMILES string of the molecule is CC1=c2sc3c(c2C(=O)O1)C(=O)OC=3C(C)(C)C. The molecule has 2 aliphatic rings. The van der Waals surface area contributed by atoms with E-state index in [0.717, 1.165) is 9.06 Å². The minimum Gasteiger partial charge on any atom is -0.426 e. The van der Waals surface area contributed by atoms with Crippen molar-refractivity contribution in [1.82, 2.24) is 0 Å². The van der Waals surface area contributed by atoms with Gasteiger partial charge in [0.15, 0.2) is 0 Å². The zero-order valence-electron chi connectivity index (χ0n) is 10.5. The average Bonchev–Trinajstić information content (AvgIpc) is 2.81. The lowest BCUT2D eigenvalue weighted by atomic mass is 9.94. The Bertz CT molecular complexity index is 715. The molecule has 0 saturated heterocycles. The molecule has 0 saturated carbocycles. The lowest BCUT2D eigenvalue weighted by Crippen LogP contribution is -2.14. The molecule has 2 aliphatic heterocycles. The third-order valence-electron chi connectivity index (χ3n) is 2.96. The van der Waals surface area contributed by atoms with Gasteiger partial charge in [-0.15, -0.1) is 11.3 Å². The number of esters is 2. The quantitative estimate of drug-likeness (QED) is 0.664. The monoisotopic (exact) mass is 264 g/mol. The van der Waals surface area contributed by atoms with Crippen molar-refractivity contribution in [3.8, 4) is 0 Å². The summed E-state index contributed by atoms with van der Waals surface area (Å²) in [5.74, 6) is 0.309. The molecule has 0 unspecified atom stereocenters. The lowest BCUT2D eigenvalue weighted by Gasteiger charge is -2.18. The predicted octanol–water partition coefficient (Wildman–Crippen LogP) is 1.37. The molecule has 0 bridgehead atoms. The first kappa shape index (κ1) is 11.5. The maximum atomic E-state index is 11.9. The van der Waals surface area contributed by atoms with Crippen LogP contribution in [0.4, 0.5) is 0 Å². The molecule has 0 radical (unpaired) electrons. The van der Waals surface area contributed by atoms with Gasteiger partial charge in [0.2, 0.25) is 0 Å². The van der Waals surface area contributed by atoms with E-state index in [1.165, 1.54) is 11.3 Å². The highest BCUT2D eigenvalue weighted by atomic mass is 32.1. The lowest BCUT2D eigenvalue weighted by molar-refractivity contribution is 0.0650. The third kappa shape index (κ3) is 1.31. The summed E-state index contributed by atoms with van der Waals surface area (Å²) >= 11 is 1.40. The van der Waals surface area contributed by atoms with Crippen molar-refractivity contribution >= 4 is 34.8 Å². The fourth-order valence-electron chi connectivity index (χ4n) is 2.15. The first-order valence-corrected chi connectivity index (χ1v) is 6.45. The summed E-state index contributed by atoms with van der Waals surface area (Å²) in [7, 11) is 0. The Morgan fingerprint density at radius 1 is 0.944 bits per heavy atom. The summed E-state index contributed by atoms with van der Waals surface area (Å²) in [6, 6.07) is 0. The van der Waals surface area contributed by atoms with E-state index in [1.54, 1.807) is 6.92 Å². The van der Waals surface area contributed by atoms with Crippen molar-refractivity contribution in [3.63, 3.8) is 0 Å². The molecule has 3 heterocycles. The molecule has 0 spiro atoms. The van der Waals surface area contributed by atoms with Crippen LogP contribution in [0, 0.1) is 5.41 Å². The van der Waals surface area contributed by atoms with E-state index < -0.39 is 11.9 Å². The molecule has 3 rings (SSSR count). The van der Waals surface area contributed by atoms with E-state index >= 15 is 0 Å². The molecular formula is C13H12O4S. The number of ether oxygens (including phenoxy) is 2. The molecule has 0 aliphatic carbocycles. The number of thiophene rings is 1. The van der Waals surface area contributed by atoms with Gasteiger partial charge in [0.05, 0.1) is 20.2 Å². The highest BCUT2D eigenvalue weighted by Crippen LogP contribution is 2.32. The third-order valence-corrected chi connectivity index (χ3v) is 4.25. The zero-order valence-corrected chi connectivity index (χ0v) is 11.4. The van der Waals surface area contributed by atoms with Crippen molar-refractivity contribution < 1.29 is 19.1 Å². The van der Waals surface area contributed by atoms with Gasteiger partial charge in [-0.1, -0.05) is 20.8 Å². The van der Waals surface area contributed by atoms with Gasteiger partial charge in [0.1, 0.15) is 11.5 Å². The van der Waals surface area contributed by atoms with Gasteiger partial charge < -0.3 is 9.47 Å². The number of hydrogen-bond acceptors (Lipinski definition) is 5. The number of rotatable bonds is 0. The van der Waals surface area contributed by atoms with Crippen LogP contribution in [0.2, 0.25) is 0 Å². The molecule has 0 N–H and O–H groups in total. The molecule has 1 aromatic rings. The van der Waals surface area contributed by atoms with Crippen LogP contribution in [0.3, 0.4) is 0 Å². The van der Waals surface area contributed by atoms with E-state index in [0.29, 0.717) is 22.6 Å². The zero-order chi connectivity index (χ0) is 13.2. The van der Waals surface area contributed by atoms with Gasteiger partial charge in [0.25, 0.3) is 0 Å². The van der Waals surface area contributed by atoms with Crippen molar-refractivity contribution in [1.29, 1.82) is 0 Å². The largest absolute Gasteiger partial charge is 0.426 e. The van der Waals surface area contributed by atoms with Crippen LogP contribution in [0.15, 0.2) is 0 Å². The number of fused-ring (bicyclic) bond motifs is 3. The maximum absolute atomic E-state index is 11.9. The number of cyclic esters (lactones) is 2. The van der Waals surface area contributed by atoms with Crippen LogP contribution < -0.4 is 9.06 Å². The van der Waals surface area contributed by atoms with Gasteiger partial charge in [-0.25, -0.2) is 9.59 Å². The second-order valence-corrected chi connectivity index (χ2v) is 6.45. The van der Waals surface area contributed by atoms with Crippen molar-refractivity contribution in [2.45, 2.75) is 27.7 Å². The minimum atomic E-state index is -0.452. The van der Waals surface area contributed by atoms with Gasteiger partial charge in [-0.3, -0.25) is 0 Å². The smallest absolute Gasteiger partial charge is 0.345 e. The van der Waals surface area contributed by atoms with Crippen molar-refractivity contribution in [2.75, 3.05) is 0 Å². The Kier molecular flexibility index (Phi) is 2.06. The number of hydrogen-bond donors (Lipinski definition) is 0. The van der Waals surface area contributed by atoms with E-state index in [1.807, 2.05) is 20.8 Å². The van der Waals surface area contributed by atoms with E-state index in [9.17, 15) is 9.59 Å². The van der Waals surface area contributed by atoms with Crippen LogP contribution >= 0.6 is 11.3 Å². The molecule has 94 valence electrons. The van der Waals surface area contributed by atoms with Crippen LogP contribution in [0.1, 0.15) is 48.4 Å². The molecule has 0 amide bonds. The Morgan fingerprint density at radius 3 is 2.11 bits per heavy atom. The summed E-state index contributed by atoms with van der Waals surface area (Å²) < 4.78 is 11.9. The number of carbonyl (C=O) groups excluding carboxylic acids is 2. The topological polar surface area (TPSA) is 52.6 Å². The first-order valence-electron chi connectivity index (χ1n) is 5.63.